The first kappa shape index (κ1) is 23.4. The number of ether oxygens (including phenoxy) is 1. The molecule has 1 aliphatic heterocycles. The number of morpholine rings is 1. The summed E-state index contributed by atoms with van der Waals surface area (Å²) < 4.78 is 17.5. The van der Waals surface area contributed by atoms with Crippen molar-refractivity contribution in [2.24, 2.45) is 0 Å². The van der Waals surface area contributed by atoms with Gasteiger partial charge in [0.15, 0.2) is 0 Å². The number of carbonyl (C=O) groups excluding carboxylic acids is 1. The molecule has 9 heteroatoms. The van der Waals surface area contributed by atoms with E-state index in [1.165, 1.54) is 6.92 Å². The molecule has 0 aliphatic carbocycles. The van der Waals surface area contributed by atoms with Crippen molar-refractivity contribution in [3.05, 3.63) is 35.4 Å². The Morgan fingerprint density at radius 1 is 1.34 bits per heavy atom. The second-order valence-corrected chi connectivity index (χ2v) is 8.53. The molecule has 160 valence electrons. The second-order valence-electron chi connectivity index (χ2n) is 7.46. The van der Waals surface area contributed by atoms with E-state index in [9.17, 15) is 19.3 Å². The minimum atomic E-state index is -1.39. The molecule has 2 unspecified atom stereocenters. The van der Waals surface area contributed by atoms with Crippen LogP contribution in [0.15, 0.2) is 24.3 Å². The number of aliphatic hydroxyl groups is 1. The first-order valence-corrected chi connectivity index (χ1v) is 10.8. The fourth-order valence-electron chi connectivity index (χ4n) is 3.42. The van der Waals surface area contributed by atoms with Crippen LogP contribution in [0.2, 0.25) is 0 Å². The van der Waals surface area contributed by atoms with Crippen LogP contribution in [0.4, 0.5) is 0 Å². The molecule has 0 bridgehead atoms. The summed E-state index contributed by atoms with van der Waals surface area (Å²) in [4.78, 5) is 21.9. The quantitative estimate of drug-likeness (QED) is 0.314. The van der Waals surface area contributed by atoms with Crippen molar-refractivity contribution in [2.45, 2.75) is 56.5 Å². The van der Waals surface area contributed by atoms with Gasteiger partial charge in [0, 0.05) is 32.5 Å². The van der Waals surface area contributed by atoms with Gasteiger partial charge in [-0.3, -0.25) is 4.79 Å². The average Bonchev–Trinajstić information content (AvgIpc) is 2.71. The Balaban J connectivity index is 1.78. The van der Waals surface area contributed by atoms with Gasteiger partial charge in [0.1, 0.15) is 6.10 Å². The Bertz CT molecular complexity index is 708. The fourth-order valence-corrected chi connectivity index (χ4v) is 4.01. The van der Waals surface area contributed by atoms with Gasteiger partial charge in [0.05, 0.1) is 12.2 Å². The van der Waals surface area contributed by atoms with Gasteiger partial charge in [0.2, 0.25) is 5.91 Å². The van der Waals surface area contributed by atoms with E-state index >= 15 is 0 Å². The molecule has 0 radical (unpaired) electrons. The molecule has 1 amide bonds. The molecule has 1 aliphatic rings. The number of rotatable bonds is 11. The average molecular weight is 425 g/mol. The normalized spacial score (nSPS) is 21.4. The molecule has 29 heavy (non-hydrogen) atoms. The van der Waals surface area contributed by atoms with Crippen LogP contribution in [0.5, 0.6) is 0 Å². The third-order valence-corrected chi connectivity index (χ3v) is 5.99. The van der Waals surface area contributed by atoms with Crippen LogP contribution in [0.25, 0.3) is 0 Å². The SMILES string of the molecule is CC(=O)NCCCCCC(O)([PH+]=O)[C@H]1CN[C@H](Cc2cccc(C(=O)O)c2)CO1. The summed E-state index contributed by atoms with van der Waals surface area (Å²) in [6.45, 7) is 2.79. The molecule has 8 nitrogen and oxygen atoms in total. The molecule has 1 aromatic rings. The van der Waals surface area contributed by atoms with Crippen molar-refractivity contribution in [3.63, 3.8) is 0 Å². The molecular formula is C20H30N2O6P+. The molecule has 1 aromatic carbocycles. The highest BCUT2D eigenvalue weighted by Gasteiger charge is 2.47. The van der Waals surface area contributed by atoms with Crippen molar-refractivity contribution in [1.29, 1.82) is 0 Å². The molecule has 4 N–H and O–H groups in total. The predicted octanol–water partition coefficient (Wildman–Crippen LogP) is 1.69. The molecule has 2 rings (SSSR count). The lowest BCUT2D eigenvalue weighted by molar-refractivity contribution is -0.118. The number of carboxylic acids is 1. The molecule has 0 spiro atoms. The summed E-state index contributed by atoms with van der Waals surface area (Å²) in [6, 6.07) is 6.78. The highest BCUT2D eigenvalue weighted by atomic mass is 31.1. The summed E-state index contributed by atoms with van der Waals surface area (Å²) in [5, 5.41) is 24.5. The minimum absolute atomic E-state index is 0.00724. The number of hydrogen-bond donors (Lipinski definition) is 4. The Kier molecular flexibility index (Phi) is 9.17. The maximum Gasteiger partial charge on any atom is 0.362 e. The van der Waals surface area contributed by atoms with Crippen molar-refractivity contribution in [1.82, 2.24) is 10.6 Å². The number of carbonyl (C=O) groups is 2. The number of carboxylic acid groups (broad SMARTS) is 1. The van der Waals surface area contributed by atoms with Crippen molar-refractivity contribution in [3.8, 4) is 0 Å². The van der Waals surface area contributed by atoms with E-state index in [0.717, 1.165) is 18.4 Å². The molecule has 0 aromatic heterocycles. The predicted molar refractivity (Wildman–Crippen MR) is 110 cm³/mol. The Morgan fingerprint density at radius 2 is 2.14 bits per heavy atom. The van der Waals surface area contributed by atoms with Crippen LogP contribution in [-0.2, 0) is 20.5 Å². The topological polar surface area (TPSA) is 125 Å². The molecular weight excluding hydrogens is 395 g/mol. The van der Waals surface area contributed by atoms with Gasteiger partial charge in [-0.05, 0) is 37.0 Å². The number of hydrogen-bond acceptors (Lipinski definition) is 6. The zero-order valence-electron chi connectivity index (χ0n) is 16.6. The first-order chi connectivity index (χ1) is 13.8. The lowest BCUT2D eigenvalue weighted by Gasteiger charge is -2.34. The Morgan fingerprint density at radius 3 is 2.76 bits per heavy atom. The summed E-state index contributed by atoms with van der Waals surface area (Å²) in [7, 11) is -0.893. The smallest absolute Gasteiger partial charge is 0.362 e. The van der Waals surface area contributed by atoms with Crippen LogP contribution >= 0.6 is 8.46 Å². The monoisotopic (exact) mass is 425 g/mol. The number of aromatic carboxylic acids is 1. The maximum absolute atomic E-state index is 11.7. The number of nitrogens with one attached hydrogen (secondary N) is 2. The highest BCUT2D eigenvalue weighted by Crippen LogP contribution is 2.33. The van der Waals surface area contributed by atoms with E-state index in [4.69, 9.17) is 9.84 Å². The van der Waals surface area contributed by atoms with Gasteiger partial charge in [-0.2, -0.15) is 0 Å². The van der Waals surface area contributed by atoms with Crippen LogP contribution in [0.1, 0.15) is 48.5 Å². The molecule has 4 atom stereocenters. The number of unbranched alkanes of at least 4 members (excludes halogenated alkanes) is 2. The largest absolute Gasteiger partial charge is 0.478 e. The van der Waals surface area contributed by atoms with Crippen molar-refractivity contribution < 1.29 is 29.1 Å². The third-order valence-electron chi connectivity index (χ3n) is 5.06. The molecule has 0 saturated carbocycles. The van der Waals surface area contributed by atoms with Crippen molar-refractivity contribution >= 4 is 20.3 Å². The number of amides is 1. The minimum Gasteiger partial charge on any atom is -0.478 e. The summed E-state index contributed by atoms with van der Waals surface area (Å²) in [5.74, 6) is -1.02. The lowest BCUT2D eigenvalue weighted by atomic mass is 10.00. The van der Waals surface area contributed by atoms with Crippen molar-refractivity contribution in [2.75, 3.05) is 19.7 Å². The first-order valence-electron chi connectivity index (χ1n) is 9.87. The van der Waals surface area contributed by atoms with Crippen LogP contribution in [0, 0.1) is 0 Å². The van der Waals surface area contributed by atoms with Crippen LogP contribution < -0.4 is 10.6 Å². The van der Waals surface area contributed by atoms with Gasteiger partial charge in [-0.15, -0.1) is 0 Å². The van der Waals surface area contributed by atoms with E-state index in [1.807, 2.05) is 6.07 Å². The maximum atomic E-state index is 11.7. The van der Waals surface area contributed by atoms with E-state index in [0.29, 0.717) is 39.0 Å². The molecule has 1 fully saturated rings. The van der Waals surface area contributed by atoms with Gasteiger partial charge in [0.25, 0.3) is 5.34 Å². The molecule has 1 saturated heterocycles. The lowest BCUT2D eigenvalue weighted by Crippen LogP contribution is -2.54. The Labute approximate surface area is 172 Å². The van der Waals surface area contributed by atoms with E-state index in [1.54, 1.807) is 18.2 Å². The molecule has 1 heterocycles. The van der Waals surface area contributed by atoms with Gasteiger partial charge in [-0.25, -0.2) is 4.79 Å². The summed E-state index contributed by atoms with van der Waals surface area (Å²) in [5.41, 5.74) is 1.14. The third kappa shape index (κ3) is 7.48. The summed E-state index contributed by atoms with van der Waals surface area (Å²) >= 11 is 0. The summed E-state index contributed by atoms with van der Waals surface area (Å²) in [6.07, 6.45) is 2.72. The van der Waals surface area contributed by atoms with E-state index in [-0.39, 0.29) is 17.5 Å². The van der Waals surface area contributed by atoms with Gasteiger partial charge >= 0.3 is 14.4 Å². The van der Waals surface area contributed by atoms with Crippen LogP contribution in [0.3, 0.4) is 0 Å². The van der Waals surface area contributed by atoms with E-state index < -0.39 is 25.9 Å². The van der Waals surface area contributed by atoms with E-state index in [2.05, 4.69) is 10.6 Å². The van der Waals surface area contributed by atoms with Crippen LogP contribution in [-0.4, -0.2) is 59.3 Å². The zero-order chi connectivity index (χ0) is 21.3. The fraction of sp³-hybridized carbons (Fsp3) is 0.600. The van der Waals surface area contributed by atoms with Gasteiger partial charge in [-0.1, -0.05) is 23.1 Å². The highest BCUT2D eigenvalue weighted by molar-refractivity contribution is 7.25. The zero-order valence-corrected chi connectivity index (χ0v) is 17.6. The van der Waals surface area contributed by atoms with Gasteiger partial charge < -0.3 is 25.6 Å². The Hall–Kier alpha value is -1.86. The second kappa shape index (κ2) is 11.4. The standard InChI is InChI=1S/C20H29N2O6P/c1-14(23)21-9-4-2-3-8-20(26,29-27)18-12-22-17(13-28-18)11-15-6-5-7-16(10-15)19(24)25/h5-7,10,17-18,22,26H,2-4,8-9,11-13H2,1H3,(H,21,23)(H,24,25)/p+1/t17-,18-,20?/m1/s1. The number of benzene rings is 1.